The van der Waals surface area contributed by atoms with Gasteiger partial charge in [0.1, 0.15) is 0 Å². The van der Waals surface area contributed by atoms with E-state index in [1.807, 2.05) is 41.6 Å². The molecule has 6 nitrogen and oxygen atoms in total. The molecular formula is C19H27N5O. The van der Waals surface area contributed by atoms with Crippen molar-refractivity contribution in [1.82, 2.24) is 25.0 Å². The number of urea groups is 1. The monoisotopic (exact) mass is 341 g/mol. The van der Waals surface area contributed by atoms with Gasteiger partial charge >= 0.3 is 6.03 Å². The average Bonchev–Trinajstić information content (AvgIpc) is 2.90. The zero-order chi connectivity index (χ0) is 18.0. The summed E-state index contributed by atoms with van der Waals surface area (Å²) >= 11 is 0. The van der Waals surface area contributed by atoms with Gasteiger partial charge in [-0.05, 0) is 49.8 Å². The number of aromatic nitrogens is 3. The first-order valence-corrected chi connectivity index (χ1v) is 8.93. The molecule has 1 aliphatic heterocycles. The highest BCUT2D eigenvalue weighted by molar-refractivity contribution is 5.74. The highest BCUT2D eigenvalue weighted by atomic mass is 16.2. The number of hydrogen-bond donors (Lipinski definition) is 1. The predicted octanol–water partition coefficient (Wildman–Crippen LogP) is 3.07. The molecule has 134 valence electrons. The molecule has 1 N–H and O–H groups in total. The van der Waals surface area contributed by atoms with E-state index < -0.39 is 0 Å². The zero-order valence-corrected chi connectivity index (χ0v) is 15.5. The summed E-state index contributed by atoms with van der Waals surface area (Å²) < 4.78 is 1.83. The van der Waals surface area contributed by atoms with Gasteiger partial charge in [-0.3, -0.25) is 0 Å². The molecule has 2 aromatic rings. The third-order valence-electron chi connectivity index (χ3n) is 4.64. The highest BCUT2D eigenvalue weighted by Crippen LogP contribution is 2.20. The summed E-state index contributed by atoms with van der Waals surface area (Å²) in [6.07, 6.45) is 3.00. The molecular weight excluding hydrogens is 314 g/mol. The predicted molar refractivity (Wildman–Crippen MR) is 97.6 cm³/mol. The molecule has 3 heterocycles. The summed E-state index contributed by atoms with van der Waals surface area (Å²) in [5, 5.41) is 7.45. The second-order valence-electron chi connectivity index (χ2n) is 7.37. The second-order valence-corrected chi connectivity index (χ2v) is 7.37. The van der Waals surface area contributed by atoms with Crippen LogP contribution in [0, 0.1) is 25.7 Å². The van der Waals surface area contributed by atoms with Crippen LogP contribution in [0.1, 0.15) is 37.2 Å². The number of hydrogen-bond acceptors (Lipinski definition) is 3. The lowest BCUT2D eigenvalue weighted by Gasteiger charge is -2.34. The minimum atomic E-state index is 0.0148. The lowest BCUT2D eigenvalue weighted by molar-refractivity contribution is 0.146. The quantitative estimate of drug-likeness (QED) is 0.933. The first-order chi connectivity index (χ1) is 11.9. The van der Waals surface area contributed by atoms with Crippen LogP contribution in [0.5, 0.6) is 0 Å². The molecule has 2 amide bonds. The summed E-state index contributed by atoms with van der Waals surface area (Å²) in [6, 6.07) is 5.96. The molecule has 1 fully saturated rings. The molecule has 0 saturated carbocycles. The van der Waals surface area contributed by atoms with Gasteiger partial charge in [-0.25, -0.2) is 14.5 Å². The number of carbonyl (C=O) groups is 1. The van der Waals surface area contributed by atoms with E-state index in [0.29, 0.717) is 18.4 Å². The van der Waals surface area contributed by atoms with E-state index in [-0.39, 0.29) is 6.03 Å². The Hall–Kier alpha value is -2.37. The normalized spacial score (nSPS) is 20.6. The maximum Gasteiger partial charge on any atom is 0.317 e. The van der Waals surface area contributed by atoms with Crippen LogP contribution < -0.4 is 5.32 Å². The largest absolute Gasteiger partial charge is 0.334 e. The van der Waals surface area contributed by atoms with Crippen molar-refractivity contribution in [3.05, 3.63) is 41.3 Å². The minimum Gasteiger partial charge on any atom is -0.334 e. The van der Waals surface area contributed by atoms with Crippen LogP contribution in [0.25, 0.3) is 5.82 Å². The van der Waals surface area contributed by atoms with Gasteiger partial charge in [0, 0.05) is 31.5 Å². The number of aryl methyl sites for hydroxylation is 2. The maximum absolute atomic E-state index is 12.4. The van der Waals surface area contributed by atoms with E-state index in [2.05, 4.69) is 29.2 Å². The first kappa shape index (κ1) is 17.5. The number of carbonyl (C=O) groups excluding carboxylic acids is 1. The van der Waals surface area contributed by atoms with E-state index in [1.165, 1.54) is 6.42 Å². The smallest absolute Gasteiger partial charge is 0.317 e. The Kier molecular flexibility index (Phi) is 5.06. The highest BCUT2D eigenvalue weighted by Gasteiger charge is 2.25. The Bertz CT molecular complexity index is 727. The van der Waals surface area contributed by atoms with Gasteiger partial charge in [-0.15, -0.1) is 0 Å². The Morgan fingerprint density at radius 3 is 2.52 bits per heavy atom. The van der Waals surface area contributed by atoms with Gasteiger partial charge in [0.2, 0.25) is 0 Å². The molecule has 6 heteroatoms. The second kappa shape index (κ2) is 7.25. The summed E-state index contributed by atoms with van der Waals surface area (Å²) in [5.41, 5.74) is 3.01. The molecule has 1 aliphatic rings. The lowest BCUT2D eigenvalue weighted by Crippen LogP contribution is -2.47. The number of piperidine rings is 1. The summed E-state index contributed by atoms with van der Waals surface area (Å²) in [4.78, 5) is 18.8. The summed E-state index contributed by atoms with van der Waals surface area (Å²) in [7, 11) is 0. The van der Waals surface area contributed by atoms with Crippen molar-refractivity contribution in [2.45, 2.75) is 40.7 Å². The number of nitrogens with zero attached hydrogens (tertiary/aromatic N) is 4. The fraction of sp³-hybridized carbons (Fsp3) is 0.526. The molecule has 3 rings (SSSR count). The van der Waals surface area contributed by atoms with Crippen LogP contribution in [0.3, 0.4) is 0 Å². The van der Waals surface area contributed by atoms with Crippen LogP contribution >= 0.6 is 0 Å². The van der Waals surface area contributed by atoms with E-state index in [9.17, 15) is 4.79 Å². The molecule has 25 heavy (non-hydrogen) atoms. The van der Waals surface area contributed by atoms with Crippen molar-refractivity contribution in [1.29, 1.82) is 0 Å². The maximum atomic E-state index is 12.4. The van der Waals surface area contributed by atoms with Gasteiger partial charge in [-0.2, -0.15) is 5.10 Å². The van der Waals surface area contributed by atoms with Gasteiger partial charge < -0.3 is 10.2 Å². The Balaban J connectivity index is 1.58. The molecule has 0 aliphatic carbocycles. The Labute approximate surface area is 149 Å². The number of amides is 2. The number of nitrogens with one attached hydrogen (secondary N) is 1. The molecule has 1 saturated heterocycles. The van der Waals surface area contributed by atoms with Crippen LogP contribution in [0.15, 0.2) is 24.4 Å². The van der Waals surface area contributed by atoms with E-state index in [0.717, 1.165) is 35.9 Å². The van der Waals surface area contributed by atoms with Crippen molar-refractivity contribution in [3.8, 4) is 5.82 Å². The van der Waals surface area contributed by atoms with E-state index >= 15 is 0 Å². The number of likely N-dealkylation sites (tertiary alicyclic amines) is 1. The molecule has 0 bridgehead atoms. The minimum absolute atomic E-state index is 0.0148. The first-order valence-electron chi connectivity index (χ1n) is 8.93. The van der Waals surface area contributed by atoms with E-state index in [4.69, 9.17) is 0 Å². The van der Waals surface area contributed by atoms with Gasteiger partial charge in [0.15, 0.2) is 5.82 Å². The van der Waals surface area contributed by atoms with Gasteiger partial charge in [0.05, 0.1) is 5.69 Å². The van der Waals surface area contributed by atoms with Crippen molar-refractivity contribution in [2.75, 3.05) is 13.1 Å². The Morgan fingerprint density at radius 2 is 1.96 bits per heavy atom. The van der Waals surface area contributed by atoms with Crippen molar-refractivity contribution in [2.24, 2.45) is 11.8 Å². The fourth-order valence-corrected chi connectivity index (χ4v) is 3.63. The topological polar surface area (TPSA) is 63.1 Å². The summed E-state index contributed by atoms with van der Waals surface area (Å²) in [6.45, 7) is 10.6. The van der Waals surface area contributed by atoms with E-state index in [1.54, 1.807) is 6.20 Å². The van der Waals surface area contributed by atoms with Crippen LogP contribution in [-0.4, -0.2) is 38.8 Å². The molecule has 0 spiro atoms. The third-order valence-corrected chi connectivity index (χ3v) is 4.64. The zero-order valence-electron chi connectivity index (χ0n) is 15.5. The SMILES string of the molecule is Cc1cc(C)n(-c2ccc(CNC(=O)N3CC(C)CC(C)C3)cn2)n1. The molecule has 0 radical (unpaired) electrons. The standard InChI is InChI=1S/C19H27N5O/c1-13-7-14(2)12-23(11-13)19(25)21-10-17-5-6-18(20-9-17)24-16(4)8-15(3)22-24/h5-6,8-9,13-14H,7,10-12H2,1-4H3,(H,21,25). The molecule has 2 aromatic heterocycles. The fourth-order valence-electron chi connectivity index (χ4n) is 3.63. The van der Waals surface area contributed by atoms with Gasteiger partial charge in [0.25, 0.3) is 0 Å². The number of rotatable bonds is 3. The molecule has 2 atom stereocenters. The third kappa shape index (κ3) is 4.18. The Morgan fingerprint density at radius 1 is 1.24 bits per heavy atom. The summed E-state index contributed by atoms with van der Waals surface area (Å²) in [5.74, 6) is 1.92. The lowest BCUT2D eigenvalue weighted by atomic mass is 9.92. The van der Waals surface area contributed by atoms with Crippen LogP contribution in [-0.2, 0) is 6.54 Å². The molecule has 0 aromatic carbocycles. The average molecular weight is 341 g/mol. The van der Waals surface area contributed by atoms with Crippen molar-refractivity contribution >= 4 is 6.03 Å². The van der Waals surface area contributed by atoms with Crippen LogP contribution in [0.2, 0.25) is 0 Å². The van der Waals surface area contributed by atoms with Crippen LogP contribution in [0.4, 0.5) is 4.79 Å². The number of pyridine rings is 1. The molecule has 2 unspecified atom stereocenters. The van der Waals surface area contributed by atoms with Crippen molar-refractivity contribution in [3.63, 3.8) is 0 Å². The van der Waals surface area contributed by atoms with Crippen molar-refractivity contribution < 1.29 is 4.79 Å². The van der Waals surface area contributed by atoms with Gasteiger partial charge in [-0.1, -0.05) is 19.9 Å².